The number of nitrogens with zero attached hydrogens (tertiary/aromatic N) is 1. The Bertz CT molecular complexity index is 580. The van der Waals surface area contributed by atoms with Crippen LogP contribution < -0.4 is 16.0 Å². The quantitative estimate of drug-likeness (QED) is 0.662. The van der Waals surface area contributed by atoms with Crippen LogP contribution in [0.5, 0.6) is 5.75 Å². The number of halogens is 2. The van der Waals surface area contributed by atoms with Gasteiger partial charge < -0.3 is 4.74 Å². The third-order valence-corrected chi connectivity index (χ3v) is 3.48. The lowest BCUT2D eigenvalue weighted by Crippen LogP contribution is -2.29. The summed E-state index contributed by atoms with van der Waals surface area (Å²) in [7, 11) is 1.58. The molecule has 0 spiro atoms. The first-order valence-electron chi connectivity index (χ1n) is 5.55. The molecule has 0 bridgehead atoms. The van der Waals surface area contributed by atoms with Crippen molar-refractivity contribution >= 4 is 27.5 Å². The summed E-state index contributed by atoms with van der Waals surface area (Å²) in [5.74, 6) is 6.26. The van der Waals surface area contributed by atoms with E-state index in [-0.39, 0.29) is 6.04 Å². The lowest BCUT2D eigenvalue weighted by molar-refractivity contribution is 0.414. The van der Waals surface area contributed by atoms with Crippen molar-refractivity contribution < 1.29 is 4.74 Å². The van der Waals surface area contributed by atoms with E-state index in [0.717, 1.165) is 15.6 Å². The normalized spacial score (nSPS) is 12.2. The van der Waals surface area contributed by atoms with E-state index >= 15 is 0 Å². The van der Waals surface area contributed by atoms with Gasteiger partial charge in [0.05, 0.1) is 18.2 Å². The molecule has 1 unspecified atom stereocenters. The van der Waals surface area contributed by atoms with Crippen LogP contribution in [0, 0.1) is 0 Å². The van der Waals surface area contributed by atoms with Crippen molar-refractivity contribution in [2.24, 2.45) is 5.84 Å². The largest absolute Gasteiger partial charge is 0.495 e. The highest BCUT2D eigenvalue weighted by Crippen LogP contribution is 2.30. The van der Waals surface area contributed by atoms with Crippen LogP contribution in [0.15, 0.2) is 41.1 Å². The van der Waals surface area contributed by atoms with Gasteiger partial charge in [0.15, 0.2) is 0 Å². The Kier molecular flexibility index (Phi) is 4.76. The molecular formula is C13H13BrClN3O. The number of hydrogen-bond acceptors (Lipinski definition) is 4. The van der Waals surface area contributed by atoms with E-state index in [4.69, 9.17) is 22.2 Å². The van der Waals surface area contributed by atoms with Crippen LogP contribution >= 0.6 is 27.5 Å². The van der Waals surface area contributed by atoms with E-state index in [1.54, 1.807) is 25.6 Å². The van der Waals surface area contributed by atoms with Crippen molar-refractivity contribution in [3.8, 4) is 5.75 Å². The second-order valence-corrected chi connectivity index (χ2v) is 5.25. The van der Waals surface area contributed by atoms with Crippen LogP contribution in [0.4, 0.5) is 0 Å². The van der Waals surface area contributed by atoms with Crippen molar-refractivity contribution in [2.75, 3.05) is 7.11 Å². The molecule has 0 aliphatic carbocycles. The average molecular weight is 343 g/mol. The van der Waals surface area contributed by atoms with Gasteiger partial charge in [-0.2, -0.15) is 0 Å². The van der Waals surface area contributed by atoms with Gasteiger partial charge in [-0.1, -0.05) is 17.7 Å². The SMILES string of the molecule is COc1cc(C(NN)c2cncc(Br)c2)ccc1Cl. The monoisotopic (exact) mass is 341 g/mol. The van der Waals surface area contributed by atoms with Crippen molar-refractivity contribution in [1.29, 1.82) is 0 Å². The van der Waals surface area contributed by atoms with Crippen molar-refractivity contribution in [2.45, 2.75) is 6.04 Å². The van der Waals surface area contributed by atoms with E-state index in [1.165, 1.54) is 0 Å². The minimum Gasteiger partial charge on any atom is -0.495 e. The summed E-state index contributed by atoms with van der Waals surface area (Å²) in [5.41, 5.74) is 4.67. The van der Waals surface area contributed by atoms with E-state index in [9.17, 15) is 0 Å². The number of pyridine rings is 1. The summed E-state index contributed by atoms with van der Waals surface area (Å²) in [6.07, 6.45) is 3.48. The molecule has 6 heteroatoms. The Balaban J connectivity index is 2.42. The lowest BCUT2D eigenvalue weighted by atomic mass is 10.0. The minimum atomic E-state index is -0.184. The molecule has 0 aliphatic rings. The first-order valence-corrected chi connectivity index (χ1v) is 6.73. The number of aromatic nitrogens is 1. The molecule has 1 atom stereocenters. The molecule has 100 valence electrons. The molecule has 0 amide bonds. The molecular weight excluding hydrogens is 330 g/mol. The summed E-state index contributed by atoms with van der Waals surface area (Å²) in [5, 5.41) is 0.564. The molecule has 1 aromatic carbocycles. The summed E-state index contributed by atoms with van der Waals surface area (Å²) in [6.45, 7) is 0. The number of hydrogen-bond donors (Lipinski definition) is 2. The number of nitrogens with one attached hydrogen (secondary N) is 1. The van der Waals surface area contributed by atoms with Crippen molar-refractivity contribution in [3.05, 3.63) is 57.3 Å². The zero-order chi connectivity index (χ0) is 13.8. The molecule has 0 fully saturated rings. The van der Waals surface area contributed by atoms with Gasteiger partial charge >= 0.3 is 0 Å². The predicted octanol–water partition coefficient (Wildman–Crippen LogP) is 3.06. The van der Waals surface area contributed by atoms with Crippen LogP contribution in [0.3, 0.4) is 0 Å². The smallest absolute Gasteiger partial charge is 0.137 e. The fraction of sp³-hybridized carbons (Fsp3) is 0.154. The molecule has 0 saturated heterocycles. The molecule has 3 N–H and O–H groups in total. The van der Waals surface area contributed by atoms with Crippen LogP contribution in [0.1, 0.15) is 17.2 Å². The van der Waals surface area contributed by atoms with Gasteiger partial charge in [-0.15, -0.1) is 0 Å². The standard InChI is InChI=1S/C13H13BrClN3O/c1-19-12-5-8(2-3-11(12)15)13(18-16)9-4-10(14)7-17-6-9/h2-7,13,18H,16H2,1H3. The zero-order valence-electron chi connectivity index (χ0n) is 10.2. The van der Waals surface area contributed by atoms with Gasteiger partial charge in [0.2, 0.25) is 0 Å². The van der Waals surface area contributed by atoms with Gasteiger partial charge in [-0.25, -0.2) is 5.43 Å². The molecule has 2 aromatic rings. The maximum Gasteiger partial charge on any atom is 0.137 e. The molecule has 0 radical (unpaired) electrons. The number of nitrogens with two attached hydrogens (primary N) is 1. The fourth-order valence-electron chi connectivity index (χ4n) is 1.83. The van der Waals surface area contributed by atoms with Crippen LogP contribution in [-0.2, 0) is 0 Å². The highest BCUT2D eigenvalue weighted by Gasteiger charge is 2.15. The Morgan fingerprint density at radius 3 is 2.74 bits per heavy atom. The maximum atomic E-state index is 6.02. The van der Waals surface area contributed by atoms with Crippen LogP contribution in [0.25, 0.3) is 0 Å². The van der Waals surface area contributed by atoms with Crippen molar-refractivity contribution in [3.63, 3.8) is 0 Å². The average Bonchev–Trinajstić information content (AvgIpc) is 2.41. The Labute approximate surface area is 125 Å². The van der Waals surface area contributed by atoms with Crippen LogP contribution in [-0.4, -0.2) is 12.1 Å². The summed E-state index contributed by atoms with van der Waals surface area (Å²) in [6, 6.07) is 7.31. The first kappa shape index (κ1) is 14.3. The summed E-state index contributed by atoms with van der Waals surface area (Å²) < 4.78 is 6.11. The molecule has 1 aromatic heterocycles. The van der Waals surface area contributed by atoms with E-state index in [1.807, 2.05) is 18.2 Å². The number of benzene rings is 1. The summed E-state index contributed by atoms with van der Waals surface area (Å²) in [4.78, 5) is 4.14. The molecule has 1 heterocycles. The molecule has 19 heavy (non-hydrogen) atoms. The number of methoxy groups -OCH3 is 1. The first-order chi connectivity index (χ1) is 9.15. The number of rotatable bonds is 4. The summed E-state index contributed by atoms with van der Waals surface area (Å²) >= 11 is 9.41. The second kappa shape index (κ2) is 6.34. The van der Waals surface area contributed by atoms with Gasteiger partial charge in [0.25, 0.3) is 0 Å². The Morgan fingerprint density at radius 1 is 1.32 bits per heavy atom. The van der Waals surface area contributed by atoms with E-state index < -0.39 is 0 Å². The van der Waals surface area contributed by atoms with Gasteiger partial charge in [0.1, 0.15) is 5.75 Å². The predicted molar refractivity (Wildman–Crippen MR) is 79.1 cm³/mol. The highest BCUT2D eigenvalue weighted by molar-refractivity contribution is 9.10. The third kappa shape index (κ3) is 3.25. The zero-order valence-corrected chi connectivity index (χ0v) is 12.6. The van der Waals surface area contributed by atoms with E-state index in [2.05, 4.69) is 26.3 Å². The van der Waals surface area contributed by atoms with Gasteiger partial charge in [-0.05, 0) is 45.3 Å². The highest BCUT2D eigenvalue weighted by atomic mass is 79.9. The number of hydrazine groups is 1. The molecule has 0 aliphatic heterocycles. The van der Waals surface area contributed by atoms with Gasteiger partial charge in [-0.3, -0.25) is 10.8 Å². The Hall–Kier alpha value is -1.14. The fourth-order valence-corrected chi connectivity index (χ4v) is 2.40. The van der Waals surface area contributed by atoms with Crippen molar-refractivity contribution in [1.82, 2.24) is 10.4 Å². The third-order valence-electron chi connectivity index (χ3n) is 2.73. The molecule has 2 rings (SSSR count). The second-order valence-electron chi connectivity index (χ2n) is 3.93. The topological polar surface area (TPSA) is 60.2 Å². The maximum absolute atomic E-state index is 6.02. The van der Waals surface area contributed by atoms with Crippen LogP contribution in [0.2, 0.25) is 5.02 Å². The molecule has 0 saturated carbocycles. The minimum absolute atomic E-state index is 0.184. The van der Waals surface area contributed by atoms with Gasteiger partial charge in [0, 0.05) is 16.9 Å². The molecule has 4 nitrogen and oxygen atoms in total. The lowest BCUT2D eigenvalue weighted by Gasteiger charge is -2.18. The number of ether oxygens (including phenoxy) is 1. The van der Waals surface area contributed by atoms with E-state index in [0.29, 0.717) is 10.8 Å². The Morgan fingerprint density at radius 2 is 2.11 bits per heavy atom.